The first kappa shape index (κ1) is 24.1. The van der Waals surface area contributed by atoms with E-state index in [0.717, 1.165) is 37.0 Å². The molecule has 2 aromatic rings. The van der Waals surface area contributed by atoms with Gasteiger partial charge in [0, 0.05) is 20.1 Å². The van der Waals surface area contributed by atoms with Crippen molar-refractivity contribution in [2.75, 3.05) is 31.0 Å². The van der Waals surface area contributed by atoms with Gasteiger partial charge in [0.25, 0.3) is 15.9 Å². The Bertz CT molecular complexity index is 998. The normalized spacial score (nSPS) is 15.5. The van der Waals surface area contributed by atoms with E-state index in [9.17, 15) is 18.0 Å². The summed E-state index contributed by atoms with van der Waals surface area (Å²) in [5.41, 5.74) is 0.463. The Morgan fingerprint density at radius 1 is 1.09 bits per heavy atom. The van der Waals surface area contributed by atoms with E-state index in [1.54, 1.807) is 53.6 Å². The fraction of sp³-hybridized carbons (Fsp3) is 0.455. The van der Waals surface area contributed by atoms with Crippen LogP contribution in [0.2, 0.25) is 0 Å². The minimum atomic E-state index is -3.62. The second-order valence-corrected chi connectivity index (χ2v) is 10.7. The van der Waals surface area contributed by atoms with Gasteiger partial charge in [-0.05, 0) is 55.5 Å². The third kappa shape index (κ3) is 6.01. The molecule has 0 saturated carbocycles. The monoisotopic (exact) mass is 480 g/mol. The van der Waals surface area contributed by atoms with Gasteiger partial charge in [0.05, 0.1) is 5.69 Å². The summed E-state index contributed by atoms with van der Waals surface area (Å²) in [6.45, 7) is 2.62. The number of anilines is 1. The number of sulfonamides is 1. The average Bonchev–Trinajstić information content (AvgIpc) is 3.21. The van der Waals surface area contributed by atoms with Crippen molar-refractivity contribution in [1.29, 1.82) is 0 Å². The quantitative estimate of drug-likeness (QED) is 0.539. The number of carbonyl (C=O) groups is 2. The lowest BCUT2D eigenvalue weighted by atomic mass is 10.2. The zero-order chi connectivity index (χ0) is 23.1. The van der Waals surface area contributed by atoms with Gasteiger partial charge in [-0.3, -0.25) is 9.10 Å². The number of hydrogen-bond donors (Lipinski definition) is 0. The van der Waals surface area contributed by atoms with E-state index in [0.29, 0.717) is 24.5 Å². The molecule has 0 aliphatic carbocycles. The highest BCUT2D eigenvalue weighted by molar-refractivity contribution is 7.94. The minimum Gasteiger partial charge on any atom is -0.482 e. The van der Waals surface area contributed by atoms with Gasteiger partial charge in [-0.1, -0.05) is 18.9 Å². The number of rotatable bonds is 8. The number of benzene rings is 1. The van der Waals surface area contributed by atoms with Crippen LogP contribution >= 0.6 is 11.3 Å². The fourth-order valence-electron chi connectivity index (χ4n) is 3.41. The number of nitrogens with zero attached hydrogens (tertiary/aromatic N) is 2. The largest absolute Gasteiger partial charge is 0.482 e. The third-order valence-corrected chi connectivity index (χ3v) is 8.40. The van der Waals surface area contributed by atoms with E-state index in [2.05, 4.69) is 0 Å². The van der Waals surface area contributed by atoms with Crippen LogP contribution in [0.5, 0.6) is 5.75 Å². The smallest absolute Gasteiger partial charge is 0.344 e. The molecule has 0 bridgehead atoms. The maximum Gasteiger partial charge on any atom is 0.344 e. The highest BCUT2D eigenvalue weighted by Crippen LogP contribution is 2.26. The summed E-state index contributed by atoms with van der Waals surface area (Å²) in [6.07, 6.45) is 3.30. The second-order valence-electron chi connectivity index (χ2n) is 7.56. The number of amides is 1. The van der Waals surface area contributed by atoms with Crippen molar-refractivity contribution in [2.45, 2.75) is 42.9 Å². The topological polar surface area (TPSA) is 93.2 Å². The molecule has 174 valence electrons. The Labute approximate surface area is 192 Å². The Morgan fingerprint density at radius 2 is 1.75 bits per heavy atom. The first-order valence-electron chi connectivity index (χ1n) is 10.5. The van der Waals surface area contributed by atoms with Crippen LogP contribution in [0.3, 0.4) is 0 Å². The molecule has 1 amide bonds. The van der Waals surface area contributed by atoms with Crippen molar-refractivity contribution in [3.63, 3.8) is 0 Å². The summed E-state index contributed by atoms with van der Waals surface area (Å²) in [4.78, 5) is 26.4. The summed E-state index contributed by atoms with van der Waals surface area (Å²) < 4.78 is 37.3. The number of ether oxygens (including phenoxy) is 2. The van der Waals surface area contributed by atoms with E-state index in [4.69, 9.17) is 9.47 Å². The van der Waals surface area contributed by atoms with E-state index < -0.39 is 22.1 Å². The molecule has 0 N–H and O–H groups in total. The molecule has 1 aliphatic heterocycles. The van der Waals surface area contributed by atoms with Crippen LogP contribution < -0.4 is 9.04 Å². The second kappa shape index (κ2) is 10.8. The standard InChI is InChI=1S/C22H28N2O6S2/c1-17(22(26)24-13-5-3-4-6-14-24)30-20(25)16-29-19-11-9-18(10-12-19)23(2)32(27,28)21-8-7-15-31-21/h7-12,15,17H,3-6,13-14,16H2,1-2H3. The molecule has 1 atom stereocenters. The molecule has 1 aliphatic rings. The average molecular weight is 481 g/mol. The summed E-state index contributed by atoms with van der Waals surface area (Å²) >= 11 is 1.15. The molecule has 1 aromatic heterocycles. The number of thiophene rings is 1. The van der Waals surface area contributed by atoms with Gasteiger partial charge in [0.1, 0.15) is 9.96 Å². The maximum absolute atomic E-state index is 12.6. The van der Waals surface area contributed by atoms with Crippen molar-refractivity contribution in [3.8, 4) is 5.75 Å². The number of likely N-dealkylation sites (tertiary alicyclic amines) is 1. The van der Waals surface area contributed by atoms with E-state index in [1.807, 2.05) is 0 Å². The first-order valence-corrected chi connectivity index (χ1v) is 12.8. The van der Waals surface area contributed by atoms with Crippen LogP contribution in [-0.2, 0) is 24.3 Å². The minimum absolute atomic E-state index is 0.181. The Kier molecular flexibility index (Phi) is 8.14. The zero-order valence-corrected chi connectivity index (χ0v) is 19.9. The lowest BCUT2D eigenvalue weighted by Gasteiger charge is -2.24. The third-order valence-electron chi connectivity index (χ3n) is 5.24. The summed E-state index contributed by atoms with van der Waals surface area (Å²) in [7, 11) is -2.14. The molecule has 8 nitrogen and oxygen atoms in total. The molecular weight excluding hydrogens is 452 g/mol. The van der Waals surface area contributed by atoms with Crippen LogP contribution in [0.25, 0.3) is 0 Å². The molecular formula is C22H28N2O6S2. The fourth-order valence-corrected chi connectivity index (χ4v) is 5.76. The predicted octanol–water partition coefficient (Wildman–Crippen LogP) is 3.29. The highest BCUT2D eigenvalue weighted by Gasteiger charge is 2.25. The maximum atomic E-state index is 12.6. The van der Waals surface area contributed by atoms with Crippen molar-refractivity contribution in [2.24, 2.45) is 0 Å². The van der Waals surface area contributed by atoms with Gasteiger partial charge >= 0.3 is 5.97 Å². The summed E-state index contributed by atoms with van der Waals surface area (Å²) in [6, 6.07) is 9.58. The molecule has 32 heavy (non-hydrogen) atoms. The molecule has 1 unspecified atom stereocenters. The Balaban J connectivity index is 1.50. The molecule has 1 saturated heterocycles. The number of esters is 1. The summed E-state index contributed by atoms with van der Waals surface area (Å²) in [5, 5.41) is 1.71. The van der Waals surface area contributed by atoms with Gasteiger partial charge in [-0.15, -0.1) is 11.3 Å². The van der Waals surface area contributed by atoms with E-state index in [1.165, 1.54) is 11.4 Å². The van der Waals surface area contributed by atoms with Crippen LogP contribution in [0, 0.1) is 0 Å². The van der Waals surface area contributed by atoms with Crippen molar-refractivity contribution in [1.82, 2.24) is 4.90 Å². The SMILES string of the molecule is CC(OC(=O)COc1ccc(N(C)S(=O)(=O)c2cccs2)cc1)C(=O)N1CCCCCC1. The number of carbonyl (C=O) groups excluding carboxylic acids is 2. The molecule has 0 spiro atoms. The van der Waals surface area contributed by atoms with Gasteiger partial charge < -0.3 is 14.4 Å². The van der Waals surface area contributed by atoms with Crippen LogP contribution in [-0.4, -0.2) is 58.0 Å². The van der Waals surface area contributed by atoms with Crippen molar-refractivity contribution < 1.29 is 27.5 Å². The van der Waals surface area contributed by atoms with Gasteiger partial charge in [-0.2, -0.15) is 0 Å². The lowest BCUT2D eigenvalue weighted by molar-refractivity contribution is -0.160. The van der Waals surface area contributed by atoms with Crippen LogP contribution in [0.4, 0.5) is 5.69 Å². The zero-order valence-electron chi connectivity index (χ0n) is 18.2. The molecule has 1 fully saturated rings. The Morgan fingerprint density at radius 3 is 2.34 bits per heavy atom. The van der Waals surface area contributed by atoms with Crippen molar-refractivity contribution in [3.05, 3.63) is 41.8 Å². The highest BCUT2D eigenvalue weighted by atomic mass is 32.2. The van der Waals surface area contributed by atoms with Crippen molar-refractivity contribution >= 4 is 38.9 Å². The lowest BCUT2D eigenvalue weighted by Crippen LogP contribution is -2.41. The summed E-state index contributed by atoms with van der Waals surface area (Å²) in [5.74, 6) is -0.430. The van der Waals surface area contributed by atoms with Gasteiger partial charge in [0.15, 0.2) is 12.7 Å². The molecule has 1 aromatic carbocycles. The van der Waals surface area contributed by atoms with Crippen LogP contribution in [0.15, 0.2) is 46.0 Å². The van der Waals surface area contributed by atoms with E-state index in [-0.39, 0.29) is 16.7 Å². The molecule has 3 rings (SSSR count). The molecule has 2 heterocycles. The first-order chi connectivity index (χ1) is 15.3. The van der Waals surface area contributed by atoms with E-state index >= 15 is 0 Å². The number of hydrogen-bond acceptors (Lipinski definition) is 7. The van der Waals surface area contributed by atoms with Gasteiger partial charge in [0.2, 0.25) is 0 Å². The van der Waals surface area contributed by atoms with Gasteiger partial charge in [-0.25, -0.2) is 13.2 Å². The predicted molar refractivity (Wildman–Crippen MR) is 122 cm³/mol. The Hall–Kier alpha value is -2.59. The van der Waals surface area contributed by atoms with Crippen LogP contribution in [0.1, 0.15) is 32.6 Å². The molecule has 10 heteroatoms. The molecule has 0 radical (unpaired) electrons.